The topological polar surface area (TPSA) is 53.6 Å². The van der Waals surface area contributed by atoms with Gasteiger partial charge in [-0.3, -0.25) is 4.79 Å². The second-order valence-electron chi connectivity index (χ2n) is 4.68. The molecule has 0 aliphatic rings. The Labute approximate surface area is 131 Å². The molecule has 21 heavy (non-hydrogen) atoms. The molecule has 1 aromatic carbocycles. The fourth-order valence-electron chi connectivity index (χ4n) is 1.72. The van der Waals surface area contributed by atoms with Gasteiger partial charge in [-0.25, -0.2) is 0 Å². The van der Waals surface area contributed by atoms with E-state index in [2.05, 4.69) is 29.7 Å². The van der Waals surface area contributed by atoms with Crippen molar-refractivity contribution >= 4 is 28.9 Å². The van der Waals surface area contributed by atoms with E-state index >= 15 is 0 Å². The molecule has 0 unspecified atom stereocenters. The van der Waals surface area contributed by atoms with Gasteiger partial charge in [0.1, 0.15) is 0 Å². The molecule has 0 fully saturated rings. The van der Waals surface area contributed by atoms with Crippen molar-refractivity contribution in [3.63, 3.8) is 0 Å². The molecule has 0 saturated carbocycles. The third-order valence-electron chi connectivity index (χ3n) is 2.94. The summed E-state index contributed by atoms with van der Waals surface area (Å²) in [7, 11) is 3.39. The molecule has 0 aliphatic heterocycles. The summed E-state index contributed by atoms with van der Waals surface area (Å²) in [5.74, 6) is -0.0824. The molecule has 0 spiro atoms. The van der Waals surface area contributed by atoms with Crippen molar-refractivity contribution in [2.75, 3.05) is 39.2 Å². The predicted molar refractivity (Wildman–Crippen MR) is 89.6 cm³/mol. The van der Waals surface area contributed by atoms with E-state index in [9.17, 15) is 4.79 Å². The molecule has 2 N–H and O–H groups in total. The molecule has 0 bridgehead atoms. The molecule has 6 heteroatoms. The highest BCUT2D eigenvalue weighted by atomic mass is 32.1. The second kappa shape index (κ2) is 9.31. The van der Waals surface area contributed by atoms with E-state index in [1.54, 1.807) is 19.1 Å². The Kier molecular flexibility index (Phi) is 7.71. The Hall–Kier alpha value is -1.66. The van der Waals surface area contributed by atoms with Gasteiger partial charge in [0.25, 0.3) is 0 Å². The minimum Gasteiger partial charge on any atom is -0.383 e. The average Bonchev–Trinajstić information content (AvgIpc) is 2.47. The SMILES string of the molecule is CCc1cccc(NC(=S)N(C)CC(=O)NCCOC)c1. The predicted octanol–water partition coefficient (Wildman–Crippen LogP) is 1.64. The molecule has 5 nitrogen and oxygen atoms in total. The van der Waals surface area contributed by atoms with Gasteiger partial charge in [-0.05, 0) is 36.3 Å². The molecular weight excluding hydrogens is 286 g/mol. The van der Waals surface area contributed by atoms with Gasteiger partial charge in [-0.15, -0.1) is 0 Å². The van der Waals surface area contributed by atoms with Crippen LogP contribution in [0.4, 0.5) is 5.69 Å². The molecule has 1 aromatic rings. The van der Waals surface area contributed by atoms with Crippen LogP contribution in [-0.2, 0) is 16.0 Å². The van der Waals surface area contributed by atoms with Gasteiger partial charge >= 0.3 is 0 Å². The first-order chi connectivity index (χ1) is 10.1. The summed E-state index contributed by atoms with van der Waals surface area (Å²) in [6.07, 6.45) is 0.972. The lowest BCUT2D eigenvalue weighted by atomic mass is 10.1. The first-order valence-corrected chi connectivity index (χ1v) is 7.34. The van der Waals surface area contributed by atoms with E-state index in [0.29, 0.717) is 18.3 Å². The fraction of sp³-hybridized carbons (Fsp3) is 0.467. The van der Waals surface area contributed by atoms with Crippen LogP contribution in [0.5, 0.6) is 0 Å². The van der Waals surface area contributed by atoms with Crippen LogP contribution in [0.2, 0.25) is 0 Å². The first kappa shape index (κ1) is 17.4. The Morgan fingerprint density at radius 3 is 2.86 bits per heavy atom. The van der Waals surface area contributed by atoms with Crippen LogP contribution in [0, 0.1) is 0 Å². The van der Waals surface area contributed by atoms with Crippen molar-refractivity contribution < 1.29 is 9.53 Å². The normalized spacial score (nSPS) is 10.0. The van der Waals surface area contributed by atoms with Gasteiger partial charge in [-0.1, -0.05) is 19.1 Å². The van der Waals surface area contributed by atoms with Crippen LogP contribution in [0.1, 0.15) is 12.5 Å². The lowest BCUT2D eigenvalue weighted by Gasteiger charge is -2.20. The lowest BCUT2D eigenvalue weighted by molar-refractivity contribution is -0.121. The van der Waals surface area contributed by atoms with Crippen molar-refractivity contribution in [2.45, 2.75) is 13.3 Å². The summed E-state index contributed by atoms with van der Waals surface area (Å²) in [6.45, 7) is 3.32. The number of ether oxygens (including phenoxy) is 1. The van der Waals surface area contributed by atoms with E-state index in [-0.39, 0.29) is 12.5 Å². The molecule has 116 valence electrons. The zero-order chi connectivity index (χ0) is 15.7. The largest absolute Gasteiger partial charge is 0.383 e. The first-order valence-electron chi connectivity index (χ1n) is 6.93. The van der Waals surface area contributed by atoms with E-state index in [0.717, 1.165) is 12.1 Å². The third-order valence-corrected chi connectivity index (χ3v) is 3.36. The molecule has 0 heterocycles. The summed E-state index contributed by atoms with van der Waals surface area (Å²) in [4.78, 5) is 13.4. The van der Waals surface area contributed by atoms with E-state index in [4.69, 9.17) is 17.0 Å². The highest BCUT2D eigenvalue weighted by Crippen LogP contribution is 2.11. The second-order valence-corrected chi connectivity index (χ2v) is 5.07. The van der Waals surface area contributed by atoms with Crippen LogP contribution in [0.3, 0.4) is 0 Å². The van der Waals surface area contributed by atoms with Gasteiger partial charge < -0.3 is 20.3 Å². The number of hydrogen-bond acceptors (Lipinski definition) is 3. The quantitative estimate of drug-likeness (QED) is 0.592. The number of hydrogen-bond donors (Lipinski definition) is 2. The van der Waals surface area contributed by atoms with Crippen LogP contribution in [0.15, 0.2) is 24.3 Å². The highest BCUT2D eigenvalue weighted by Gasteiger charge is 2.09. The fourth-order valence-corrected chi connectivity index (χ4v) is 1.91. The summed E-state index contributed by atoms with van der Waals surface area (Å²) >= 11 is 5.30. The monoisotopic (exact) mass is 309 g/mol. The smallest absolute Gasteiger partial charge is 0.239 e. The Morgan fingerprint density at radius 2 is 2.19 bits per heavy atom. The Bertz CT molecular complexity index is 480. The summed E-state index contributed by atoms with van der Waals surface area (Å²) in [5, 5.41) is 6.42. The number of benzene rings is 1. The van der Waals surface area contributed by atoms with Crippen molar-refractivity contribution in [2.24, 2.45) is 0 Å². The number of rotatable bonds is 7. The maximum atomic E-state index is 11.7. The van der Waals surface area contributed by atoms with Crippen LogP contribution >= 0.6 is 12.2 Å². The van der Waals surface area contributed by atoms with Crippen LogP contribution in [0.25, 0.3) is 0 Å². The van der Waals surface area contributed by atoms with Gasteiger partial charge in [0.05, 0.1) is 13.2 Å². The molecule has 0 radical (unpaired) electrons. The Balaban J connectivity index is 2.44. The maximum absolute atomic E-state index is 11.7. The van der Waals surface area contributed by atoms with Crippen LogP contribution < -0.4 is 10.6 Å². The molecule has 1 amide bonds. The Morgan fingerprint density at radius 1 is 1.43 bits per heavy atom. The number of amides is 1. The van der Waals surface area contributed by atoms with Crippen molar-refractivity contribution in [1.29, 1.82) is 0 Å². The van der Waals surface area contributed by atoms with Gasteiger partial charge in [0.15, 0.2) is 5.11 Å². The molecule has 0 aliphatic carbocycles. The number of methoxy groups -OCH3 is 1. The number of aryl methyl sites for hydroxylation is 1. The third kappa shape index (κ3) is 6.55. The minimum atomic E-state index is -0.0824. The van der Waals surface area contributed by atoms with Gasteiger partial charge in [-0.2, -0.15) is 0 Å². The number of carbonyl (C=O) groups is 1. The minimum absolute atomic E-state index is 0.0824. The standard InChI is InChI=1S/C15H23N3O2S/c1-4-12-6-5-7-13(10-12)17-15(21)18(2)11-14(19)16-8-9-20-3/h5-7,10H,4,8-9,11H2,1-3H3,(H,16,19)(H,17,21). The maximum Gasteiger partial charge on any atom is 0.239 e. The lowest BCUT2D eigenvalue weighted by Crippen LogP contribution is -2.41. The molecule has 0 aromatic heterocycles. The van der Waals surface area contributed by atoms with Gasteiger partial charge in [0, 0.05) is 26.4 Å². The molecular formula is C15H23N3O2S. The molecule has 0 saturated heterocycles. The summed E-state index contributed by atoms with van der Waals surface area (Å²) in [5.41, 5.74) is 2.17. The number of nitrogens with zero attached hydrogens (tertiary/aromatic N) is 1. The number of nitrogens with one attached hydrogen (secondary N) is 2. The van der Waals surface area contributed by atoms with E-state index in [1.165, 1.54) is 5.56 Å². The number of carbonyl (C=O) groups excluding carboxylic acids is 1. The highest BCUT2D eigenvalue weighted by molar-refractivity contribution is 7.80. The van der Waals surface area contributed by atoms with Crippen molar-refractivity contribution in [3.05, 3.63) is 29.8 Å². The zero-order valence-corrected chi connectivity index (χ0v) is 13.6. The van der Waals surface area contributed by atoms with E-state index < -0.39 is 0 Å². The van der Waals surface area contributed by atoms with Crippen LogP contribution in [-0.4, -0.2) is 49.8 Å². The molecule has 1 rings (SSSR count). The number of thiocarbonyl (C=S) groups is 1. The number of anilines is 1. The number of likely N-dealkylation sites (N-methyl/N-ethyl adjacent to an activating group) is 1. The average molecular weight is 309 g/mol. The zero-order valence-electron chi connectivity index (χ0n) is 12.8. The van der Waals surface area contributed by atoms with Crippen molar-refractivity contribution in [1.82, 2.24) is 10.2 Å². The van der Waals surface area contributed by atoms with Crippen molar-refractivity contribution in [3.8, 4) is 0 Å². The summed E-state index contributed by atoms with van der Waals surface area (Å²) < 4.78 is 4.88. The molecule has 0 atom stereocenters. The van der Waals surface area contributed by atoms with E-state index in [1.807, 2.05) is 12.1 Å². The van der Waals surface area contributed by atoms with Gasteiger partial charge in [0.2, 0.25) is 5.91 Å². The summed E-state index contributed by atoms with van der Waals surface area (Å²) in [6, 6.07) is 8.07.